The standard InChI is InChI=1S/C39H47N.C37H43N.C27H31N.C26H29N/c1-36(2,3)33-27(26-18-13-12-14-19-26)21-17-23-31(33)40(38(7,8)9)32-25-24-29-28-20-15-16-22-30(28)39(10,11)34(29)35(32)37(4,5)6;1-24(2)33-27(26-16-11-10-12-17-26)19-15-21-31(33)38(36(5,6)7)32-23-22-29-28-18-13-14-20-30(28)37(8,9)35(29)34(32)25(3)4;1-7-20-24(28(26(2,3)4)19-13-9-8-10-14-19)18-17-22-21-15-11-12-16-23(21)27(5,6)25(20)22;1-18-23(27(25(2,3)4)19-12-8-7-9-13-19)17-16-21-20-14-10-11-15-22(20)26(5,6)24(18)21/h12-25H,1-11H3;10-25H,1-9H3;8-18H,7H2,1-6H3;7-17H,1-6H3/i;;7D;. The monoisotopic (exact) mass is 1760 g/mol. The molecule has 0 radical (unpaired) electrons. The lowest BCUT2D eigenvalue weighted by Crippen LogP contribution is -2.41. The summed E-state index contributed by atoms with van der Waals surface area (Å²) >= 11 is 0. The lowest BCUT2D eigenvalue weighted by Gasteiger charge is -2.45. The third kappa shape index (κ3) is 17.5. The Morgan fingerprint density at radius 3 is 0.940 bits per heavy atom. The van der Waals surface area contributed by atoms with Gasteiger partial charge >= 0.3 is 0 Å². The number of benzene rings is 14. The van der Waals surface area contributed by atoms with E-state index in [1.54, 1.807) is 0 Å². The van der Waals surface area contributed by atoms with Crippen LogP contribution in [-0.2, 0) is 38.9 Å². The third-order valence-corrected chi connectivity index (χ3v) is 28.5. The zero-order chi connectivity index (χ0) is 97.0. The highest BCUT2D eigenvalue weighted by Gasteiger charge is 2.47. The molecule has 0 fully saturated rings. The summed E-state index contributed by atoms with van der Waals surface area (Å²) in [6.07, 6.45) is -0.318. The molecule has 0 N–H and O–H groups in total. The van der Waals surface area contributed by atoms with Crippen LogP contribution in [0.5, 0.6) is 0 Å². The molecule has 1 atom stereocenters. The average Bonchev–Trinajstić information content (AvgIpc) is 1.56. The molecule has 1 unspecified atom stereocenters. The minimum Gasteiger partial charge on any atom is -0.336 e. The fraction of sp³-hybridized carbons (Fsp3) is 0.349. The summed E-state index contributed by atoms with van der Waals surface area (Å²) in [6.45, 7) is 74.6. The van der Waals surface area contributed by atoms with Crippen molar-refractivity contribution in [2.45, 2.75) is 294 Å². The van der Waals surface area contributed by atoms with Gasteiger partial charge < -0.3 is 19.6 Å². The van der Waals surface area contributed by atoms with Crippen molar-refractivity contribution in [1.29, 1.82) is 0 Å². The van der Waals surface area contributed by atoms with Crippen LogP contribution < -0.4 is 19.6 Å². The van der Waals surface area contributed by atoms with E-state index in [1.807, 2.05) is 6.92 Å². The molecule has 0 amide bonds. The van der Waals surface area contributed by atoms with Crippen molar-refractivity contribution in [2.75, 3.05) is 19.6 Å². The van der Waals surface area contributed by atoms with Gasteiger partial charge in [0.15, 0.2) is 0 Å². The Hall–Kier alpha value is -11.7. The van der Waals surface area contributed by atoms with Gasteiger partial charge in [-0.3, -0.25) is 0 Å². The van der Waals surface area contributed by atoms with Crippen molar-refractivity contribution in [1.82, 2.24) is 0 Å². The van der Waals surface area contributed by atoms with E-state index in [1.165, 1.54) is 173 Å². The quantitative estimate of drug-likeness (QED) is 0.114. The maximum absolute atomic E-state index is 8.85. The van der Waals surface area contributed by atoms with Crippen molar-refractivity contribution in [3.05, 3.63) is 381 Å². The third-order valence-electron chi connectivity index (χ3n) is 28.5. The number of anilines is 8. The van der Waals surface area contributed by atoms with Crippen LogP contribution in [0.2, 0.25) is 0 Å². The summed E-state index contributed by atoms with van der Waals surface area (Å²) in [7, 11) is 0. The molecule has 0 bridgehead atoms. The largest absolute Gasteiger partial charge is 0.336 e. The molecule has 0 spiro atoms. The molecule has 0 saturated carbocycles. The minimum atomic E-state index is -0.318. The van der Waals surface area contributed by atoms with Gasteiger partial charge in [0.2, 0.25) is 0 Å². The average molecular weight is 1760 g/mol. The van der Waals surface area contributed by atoms with Crippen molar-refractivity contribution < 1.29 is 1.37 Å². The van der Waals surface area contributed by atoms with Crippen LogP contribution >= 0.6 is 0 Å². The van der Waals surface area contributed by atoms with Gasteiger partial charge in [0.1, 0.15) is 0 Å². The van der Waals surface area contributed by atoms with Gasteiger partial charge in [0.05, 0.1) is 0 Å². The van der Waals surface area contributed by atoms with Gasteiger partial charge in [-0.05, 0) is 324 Å². The Balaban J connectivity index is 0.000000138. The molecule has 14 aromatic carbocycles. The highest BCUT2D eigenvalue weighted by Crippen LogP contribution is 2.61. The molecule has 0 heterocycles. The van der Waals surface area contributed by atoms with Crippen LogP contribution in [0.4, 0.5) is 45.5 Å². The van der Waals surface area contributed by atoms with E-state index in [9.17, 15) is 0 Å². The first-order valence-corrected chi connectivity index (χ1v) is 49.0. The smallest absolute Gasteiger partial charge is 0.0459 e. The zero-order valence-corrected chi connectivity index (χ0v) is 86.4. The Labute approximate surface area is 803 Å². The minimum absolute atomic E-state index is 0.0179. The van der Waals surface area contributed by atoms with Gasteiger partial charge in [-0.1, -0.05) is 374 Å². The molecule has 4 aliphatic rings. The van der Waals surface area contributed by atoms with E-state index in [-0.39, 0.29) is 61.0 Å². The molecule has 686 valence electrons. The SMILES string of the molecule is CC(C)(C)c1c(-c2ccccc2)cccc1N(c1ccc2c(c1C(C)(C)C)C(C)(C)c1ccccc1-2)C(C)(C)C.CC(C)c1c(-c2ccccc2)cccc1N(c1ccc2c(c1C(C)C)C(C)(C)c1ccccc1-2)C(C)(C)C.Cc1c(N(c2ccccc2)C(C)(C)C)ccc2c1C(C)(C)c1ccccc1-2.[2H]C(C)c1c(N(c2ccccc2)C(C)(C)C)ccc2c1C(C)(C)c1ccccc1-2. The number of rotatable bonds is 13. The number of fused-ring (bicyclic) bond motifs is 12. The number of hydrogen-bond acceptors (Lipinski definition) is 4. The van der Waals surface area contributed by atoms with Crippen molar-refractivity contribution >= 4 is 45.5 Å². The van der Waals surface area contributed by atoms with E-state index in [0.29, 0.717) is 11.8 Å². The van der Waals surface area contributed by atoms with Gasteiger partial charge in [-0.2, -0.15) is 0 Å². The van der Waals surface area contributed by atoms with E-state index in [0.717, 1.165) is 16.9 Å². The molecular formula is C129H150N4. The Morgan fingerprint density at radius 1 is 0.248 bits per heavy atom. The van der Waals surface area contributed by atoms with Crippen LogP contribution in [0.1, 0.15) is 306 Å². The summed E-state index contributed by atoms with van der Waals surface area (Å²) in [5.41, 5.74) is 45.1. The number of hydrogen-bond donors (Lipinski definition) is 0. The lowest BCUT2D eigenvalue weighted by atomic mass is 9.72. The Kier molecular flexibility index (Phi) is 25.3. The van der Waals surface area contributed by atoms with Crippen LogP contribution in [0.25, 0.3) is 66.8 Å². The summed E-state index contributed by atoms with van der Waals surface area (Å²) in [4.78, 5) is 10.1. The molecule has 133 heavy (non-hydrogen) atoms. The highest BCUT2D eigenvalue weighted by molar-refractivity contribution is 5.93. The lowest BCUT2D eigenvalue weighted by molar-refractivity contribution is 0.524. The summed E-state index contributed by atoms with van der Waals surface area (Å²) in [5.74, 6) is 0.766. The second-order valence-corrected chi connectivity index (χ2v) is 46.5. The summed E-state index contributed by atoms with van der Waals surface area (Å²) in [6, 6.07) is 111. The fourth-order valence-corrected chi connectivity index (χ4v) is 23.5. The fourth-order valence-electron chi connectivity index (χ4n) is 23.5. The topological polar surface area (TPSA) is 13.0 Å². The van der Waals surface area contributed by atoms with Crippen molar-refractivity contribution in [2.24, 2.45) is 0 Å². The molecule has 14 aromatic rings. The normalized spacial score (nSPS) is 14.8. The molecule has 0 saturated heterocycles. The predicted octanol–water partition coefficient (Wildman–Crippen LogP) is 36.8. The Bertz CT molecular complexity index is 6650. The predicted molar refractivity (Wildman–Crippen MR) is 580 cm³/mol. The first-order chi connectivity index (χ1) is 62.8. The molecular weight excluding hydrogens is 1610 g/mol. The van der Waals surface area contributed by atoms with Gasteiger partial charge in [0, 0.05) is 90.7 Å². The van der Waals surface area contributed by atoms with E-state index < -0.39 is 0 Å². The van der Waals surface area contributed by atoms with Crippen molar-refractivity contribution in [3.8, 4) is 66.8 Å². The molecule has 18 rings (SSSR count). The van der Waals surface area contributed by atoms with Crippen molar-refractivity contribution in [3.63, 3.8) is 0 Å². The van der Waals surface area contributed by atoms with Crippen LogP contribution in [-0.4, -0.2) is 22.2 Å². The summed E-state index contributed by atoms with van der Waals surface area (Å²) < 4.78 is 8.85. The maximum Gasteiger partial charge on any atom is 0.0459 e. The number of para-hydroxylation sites is 2. The zero-order valence-electron chi connectivity index (χ0n) is 87.4. The maximum atomic E-state index is 8.85. The first-order valence-electron chi connectivity index (χ1n) is 49.6. The molecule has 4 heteroatoms. The van der Waals surface area contributed by atoms with Crippen LogP contribution in [0, 0.1) is 6.92 Å². The molecule has 0 aromatic heterocycles. The second-order valence-electron chi connectivity index (χ2n) is 46.5. The molecule has 0 aliphatic heterocycles. The van der Waals surface area contributed by atoms with E-state index in [2.05, 4.69) is 538 Å². The van der Waals surface area contributed by atoms with Gasteiger partial charge in [0.25, 0.3) is 0 Å². The van der Waals surface area contributed by atoms with Gasteiger partial charge in [-0.15, -0.1) is 0 Å². The van der Waals surface area contributed by atoms with Crippen LogP contribution in [0.15, 0.2) is 303 Å². The van der Waals surface area contributed by atoms with E-state index in [4.69, 9.17) is 1.37 Å². The molecule has 4 nitrogen and oxygen atoms in total. The van der Waals surface area contributed by atoms with Gasteiger partial charge in [-0.25, -0.2) is 0 Å². The van der Waals surface area contributed by atoms with E-state index >= 15 is 0 Å². The number of nitrogens with zero attached hydrogens (tertiary/aromatic N) is 4. The second kappa shape index (κ2) is 35.6. The molecule has 4 aliphatic carbocycles. The summed E-state index contributed by atoms with van der Waals surface area (Å²) in [5, 5.41) is 0. The first kappa shape index (κ1) is 94.5. The van der Waals surface area contributed by atoms with Crippen LogP contribution in [0.3, 0.4) is 0 Å². The Morgan fingerprint density at radius 2 is 0.534 bits per heavy atom. The highest BCUT2D eigenvalue weighted by atomic mass is 15.2.